The summed E-state index contributed by atoms with van der Waals surface area (Å²) in [6.07, 6.45) is -3.30. The Kier molecular flexibility index (Phi) is 3.57. The summed E-state index contributed by atoms with van der Waals surface area (Å²) in [5.74, 6) is -1.18. The third kappa shape index (κ3) is 2.86. The maximum Gasteiger partial charge on any atom is 0.307 e. The zero-order chi connectivity index (χ0) is 11.6. The molecular weight excluding hydrogens is 228 g/mol. The van der Waals surface area contributed by atoms with E-state index in [2.05, 4.69) is 4.98 Å². The Hall–Kier alpha value is -1.23. The fourth-order valence-electron chi connectivity index (χ4n) is 1.25. The van der Waals surface area contributed by atoms with Crippen LogP contribution < -0.4 is 0 Å². The standard InChI is InChI=1S/C9H8ClF2NO2/c1-4-2-5(3-6(14)15)7(9(11)12)8(10)13-4/h2,9H,3H2,1H3,(H,14,15). The van der Waals surface area contributed by atoms with E-state index in [-0.39, 0.29) is 10.7 Å². The Labute approximate surface area is 89.7 Å². The van der Waals surface area contributed by atoms with Crippen molar-refractivity contribution in [2.75, 3.05) is 0 Å². The Morgan fingerprint density at radius 1 is 1.67 bits per heavy atom. The van der Waals surface area contributed by atoms with Crippen LogP contribution in [0, 0.1) is 6.92 Å². The molecule has 0 saturated carbocycles. The molecule has 82 valence electrons. The predicted octanol–water partition coefficient (Wildman–Crippen LogP) is 2.61. The normalized spacial score (nSPS) is 10.7. The first kappa shape index (κ1) is 11.8. The molecule has 3 nitrogen and oxygen atoms in total. The van der Waals surface area contributed by atoms with Crippen LogP contribution in [0.1, 0.15) is 23.2 Å². The van der Waals surface area contributed by atoms with Gasteiger partial charge in [0.25, 0.3) is 6.43 Å². The van der Waals surface area contributed by atoms with E-state index >= 15 is 0 Å². The lowest BCUT2D eigenvalue weighted by molar-refractivity contribution is -0.136. The second-order valence-corrected chi connectivity index (χ2v) is 3.36. The minimum atomic E-state index is -2.82. The van der Waals surface area contributed by atoms with Crippen LogP contribution in [0.4, 0.5) is 8.78 Å². The Balaban J connectivity index is 3.26. The largest absolute Gasteiger partial charge is 0.481 e. The van der Waals surface area contributed by atoms with Gasteiger partial charge < -0.3 is 5.11 Å². The molecule has 0 fully saturated rings. The van der Waals surface area contributed by atoms with Gasteiger partial charge in [-0.1, -0.05) is 11.6 Å². The Bertz CT molecular complexity index is 396. The van der Waals surface area contributed by atoms with E-state index in [1.54, 1.807) is 6.92 Å². The number of carboxylic acids is 1. The van der Waals surface area contributed by atoms with Crippen molar-refractivity contribution >= 4 is 17.6 Å². The van der Waals surface area contributed by atoms with Crippen LogP contribution in [0.2, 0.25) is 5.15 Å². The lowest BCUT2D eigenvalue weighted by Crippen LogP contribution is -2.06. The molecule has 0 spiro atoms. The fraction of sp³-hybridized carbons (Fsp3) is 0.333. The molecule has 0 saturated heterocycles. The molecule has 0 aliphatic carbocycles. The summed E-state index contributed by atoms with van der Waals surface area (Å²) in [4.78, 5) is 14.1. The number of alkyl halides is 2. The van der Waals surface area contributed by atoms with Crippen molar-refractivity contribution in [3.05, 3.63) is 28.0 Å². The highest BCUT2D eigenvalue weighted by molar-refractivity contribution is 6.30. The summed E-state index contributed by atoms with van der Waals surface area (Å²) >= 11 is 5.53. The number of aryl methyl sites for hydroxylation is 1. The molecule has 0 aliphatic rings. The molecule has 0 bridgehead atoms. The lowest BCUT2D eigenvalue weighted by atomic mass is 10.1. The van der Waals surface area contributed by atoms with Gasteiger partial charge in [-0.25, -0.2) is 13.8 Å². The number of pyridine rings is 1. The van der Waals surface area contributed by atoms with Gasteiger partial charge in [0.05, 0.1) is 12.0 Å². The average Bonchev–Trinajstić information content (AvgIpc) is 1.99. The van der Waals surface area contributed by atoms with E-state index in [1.165, 1.54) is 6.07 Å². The number of rotatable bonds is 3. The van der Waals surface area contributed by atoms with Gasteiger partial charge in [-0.2, -0.15) is 0 Å². The quantitative estimate of drug-likeness (QED) is 0.820. The van der Waals surface area contributed by atoms with E-state index in [0.29, 0.717) is 5.69 Å². The van der Waals surface area contributed by atoms with Crippen molar-refractivity contribution in [3.8, 4) is 0 Å². The SMILES string of the molecule is Cc1cc(CC(=O)O)c(C(F)F)c(Cl)n1. The highest BCUT2D eigenvalue weighted by Crippen LogP contribution is 2.29. The van der Waals surface area contributed by atoms with Crippen LogP contribution in [0.25, 0.3) is 0 Å². The zero-order valence-corrected chi connectivity index (χ0v) is 8.55. The molecule has 1 rings (SSSR count). The van der Waals surface area contributed by atoms with E-state index < -0.39 is 24.4 Å². The summed E-state index contributed by atoms with van der Waals surface area (Å²) < 4.78 is 25.1. The molecule has 0 radical (unpaired) electrons. The van der Waals surface area contributed by atoms with Gasteiger partial charge in [0.15, 0.2) is 0 Å². The number of hydrogen-bond acceptors (Lipinski definition) is 2. The lowest BCUT2D eigenvalue weighted by Gasteiger charge is -2.09. The van der Waals surface area contributed by atoms with Crippen molar-refractivity contribution in [1.82, 2.24) is 4.98 Å². The van der Waals surface area contributed by atoms with Gasteiger partial charge in [-0.15, -0.1) is 0 Å². The van der Waals surface area contributed by atoms with Gasteiger partial charge in [-0.3, -0.25) is 4.79 Å². The van der Waals surface area contributed by atoms with Crippen molar-refractivity contribution in [2.45, 2.75) is 19.8 Å². The minimum Gasteiger partial charge on any atom is -0.481 e. The first-order valence-corrected chi connectivity index (χ1v) is 4.45. The van der Waals surface area contributed by atoms with Crippen LogP contribution >= 0.6 is 11.6 Å². The van der Waals surface area contributed by atoms with Crippen LogP contribution in [-0.4, -0.2) is 16.1 Å². The fourth-order valence-corrected chi connectivity index (χ4v) is 1.59. The number of aliphatic carboxylic acids is 1. The highest BCUT2D eigenvalue weighted by Gasteiger charge is 2.20. The molecular formula is C9H8ClF2NO2. The molecule has 0 aliphatic heterocycles. The van der Waals surface area contributed by atoms with Gasteiger partial charge in [0, 0.05) is 5.69 Å². The first-order valence-electron chi connectivity index (χ1n) is 4.07. The van der Waals surface area contributed by atoms with Crippen LogP contribution in [0.5, 0.6) is 0 Å². The van der Waals surface area contributed by atoms with Gasteiger partial charge in [0.2, 0.25) is 0 Å². The number of carbonyl (C=O) groups is 1. The smallest absolute Gasteiger partial charge is 0.307 e. The number of nitrogens with zero attached hydrogens (tertiary/aromatic N) is 1. The van der Waals surface area contributed by atoms with E-state index in [0.717, 1.165) is 0 Å². The van der Waals surface area contributed by atoms with E-state index in [1.807, 2.05) is 0 Å². The molecule has 1 N–H and O–H groups in total. The minimum absolute atomic E-state index is 0.00926. The zero-order valence-electron chi connectivity index (χ0n) is 7.80. The third-order valence-electron chi connectivity index (χ3n) is 1.79. The average molecular weight is 236 g/mol. The first-order chi connectivity index (χ1) is 6.91. The molecule has 0 unspecified atom stereocenters. The number of halogens is 3. The number of carboxylic acid groups (broad SMARTS) is 1. The number of hydrogen-bond donors (Lipinski definition) is 1. The molecule has 1 aromatic heterocycles. The van der Waals surface area contributed by atoms with Crippen molar-refractivity contribution in [2.24, 2.45) is 0 Å². The van der Waals surface area contributed by atoms with Crippen molar-refractivity contribution in [3.63, 3.8) is 0 Å². The Morgan fingerprint density at radius 3 is 2.73 bits per heavy atom. The van der Waals surface area contributed by atoms with Crippen LogP contribution in [0.15, 0.2) is 6.07 Å². The molecule has 6 heteroatoms. The number of aromatic nitrogens is 1. The van der Waals surface area contributed by atoms with Gasteiger partial charge in [0.1, 0.15) is 5.15 Å². The summed E-state index contributed by atoms with van der Waals surface area (Å²) in [7, 11) is 0. The highest BCUT2D eigenvalue weighted by atomic mass is 35.5. The van der Waals surface area contributed by atoms with Crippen molar-refractivity contribution in [1.29, 1.82) is 0 Å². The molecule has 1 aromatic rings. The Morgan fingerprint density at radius 2 is 2.27 bits per heavy atom. The second kappa shape index (κ2) is 4.53. The summed E-state index contributed by atoms with van der Waals surface area (Å²) in [6.45, 7) is 1.56. The molecule has 0 amide bonds. The molecule has 15 heavy (non-hydrogen) atoms. The second-order valence-electron chi connectivity index (χ2n) is 3.00. The molecule has 0 atom stereocenters. The van der Waals surface area contributed by atoms with E-state index in [9.17, 15) is 13.6 Å². The summed E-state index contributed by atoms with van der Waals surface area (Å²) in [6, 6.07) is 1.31. The molecule has 1 heterocycles. The van der Waals surface area contributed by atoms with Crippen molar-refractivity contribution < 1.29 is 18.7 Å². The third-order valence-corrected chi connectivity index (χ3v) is 2.07. The predicted molar refractivity (Wildman–Crippen MR) is 50.3 cm³/mol. The monoisotopic (exact) mass is 235 g/mol. The van der Waals surface area contributed by atoms with E-state index in [4.69, 9.17) is 16.7 Å². The van der Waals surface area contributed by atoms with Gasteiger partial charge in [-0.05, 0) is 18.6 Å². The van der Waals surface area contributed by atoms with Gasteiger partial charge >= 0.3 is 5.97 Å². The van der Waals surface area contributed by atoms with Crippen LogP contribution in [-0.2, 0) is 11.2 Å². The molecule has 0 aromatic carbocycles. The maximum absolute atomic E-state index is 12.6. The topological polar surface area (TPSA) is 50.2 Å². The summed E-state index contributed by atoms with van der Waals surface area (Å²) in [5.41, 5.74) is -0.0692. The summed E-state index contributed by atoms with van der Waals surface area (Å²) in [5, 5.41) is 8.21. The van der Waals surface area contributed by atoms with Crippen LogP contribution in [0.3, 0.4) is 0 Å². The maximum atomic E-state index is 12.6.